The van der Waals surface area contributed by atoms with Crippen LogP contribution in [0.3, 0.4) is 0 Å². The molecule has 0 aromatic carbocycles. The lowest BCUT2D eigenvalue weighted by molar-refractivity contribution is 0.624. The summed E-state index contributed by atoms with van der Waals surface area (Å²) in [4.78, 5) is 8.21. The number of pyridine rings is 1. The molecule has 0 unspecified atom stereocenters. The number of halogens is 1. The summed E-state index contributed by atoms with van der Waals surface area (Å²) in [6, 6.07) is 2.39. The van der Waals surface area contributed by atoms with Gasteiger partial charge in [0.25, 0.3) is 0 Å². The molecule has 3 nitrogen and oxygen atoms in total. The topological polar surface area (TPSA) is 37.8 Å². The zero-order valence-corrected chi connectivity index (χ0v) is 10.7. The maximum absolute atomic E-state index is 13.5. The molecular weight excluding hydrogens is 249 g/mol. The summed E-state index contributed by atoms with van der Waals surface area (Å²) in [6.45, 7) is 0.951. The van der Waals surface area contributed by atoms with Gasteiger partial charge in [-0.1, -0.05) is 0 Å². The SMILES string of the molecule is Fc1cnccc1-c1nc(CCNC2CC2)cs1. The van der Waals surface area contributed by atoms with Gasteiger partial charge in [-0.15, -0.1) is 11.3 Å². The molecule has 0 radical (unpaired) electrons. The summed E-state index contributed by atoms with van der Waals surface area (Å²) < 4.78 is 13.5. The van der Waals surface area contributed by atoms with Crippen LogP contribution in [-0.2, 0) is 6.42 Å². The lowest BCUT2D eigenvalue weighted by Gasteiger charge is -1.99. The fourth-order valence-corrected chi connectivity index (χ4v) is 2.67. The smallest absolute Gasteiger partial charge is 0.151 e. The van der Waals surface area contributed by atoms with E-state index in [1.54, 1.807) is 12.3 Å². The van der Waals surface area contributed by atoms with Gasteiger partial charge in [-0.25, -0.2) is 9.37 Å². The number of aromatic nitrogens is 2. The van der Waals surface area contributed by atoms with Gasteiger partial charge < -0.3 is 5.32 Å². The van der Waals surface area contributed by atoms with Crippen LogP contribution in [-0.4, -0.2) is 22.6 Å². The second-order valence-electron chi connectivity index (χ2n) is 4.48. The van der Waals surface area contributed by atoms with Gasteiger partial charge in [0, 0.05) is 36.1 Å². The standard InChI is InChI=1S/C13H14FN3S/c14-12-7-15-5-4-11(12)13-17-10(8-18-13)3-6-16-9-1-2-9/h4-5,7-9,16H,1-3,6H2. The fraction of sp³-hybridized carbons (Fsp3) is 0.385. The maximum Gasteiger partial charge on any atom is 0.151 e. The van der Waals surface area contributed by atoms with Gasteiger partial charge in [0.05, 0.1) is 11.9 Å². The molecule has 0 amide bonds. The van der Waals surface area contributed by atoms with Gasteiger partial charge in [0.15, 0.2) is 5.82 Å². The van der Waals surface area contributed by atoms with Crippen LogP contribution in [0.1, 0.15) is 18.5 Å². The van der Waals surface area contributed by atoms with Crippen molar-refractivity contribution in [2.24, 2.45) is 0 Å². The van der Waals surface area contributed by atoms with E-state index in [0.717, 1.165) is 29.7 Å². The first-order chi connectivity index (χ1) is 8.83. The highest BCUT2D eigenvalue weighted by molar-refractivity contribution is 7.13. The molecule has 1 aliphatic carbocycles. The summed E-state index contributed by atoms with van der Waals surface area (Å²) in [5.41, 5.74) is 1.57. The molecule has 1 fully saturated rings. The lowest BCUT2D eigenvalue weighted by Crippen LogP contribution is -2.19. The predicted molar refractivity (Wildman–Crippen MR) is 70.0 cm³/mol. The monoisotopic (exact) mass is 263 g/mol. The Morgan fingerprint density at radius 3 is 3.11 bits per heavy atom. The number of hydrogen-bond acceptors (Lipinski definition) is 4. The van der Waals surface area contributed by atoms with Crippen LogP contribution in [0.4, 0.5) is 4.39 Å². The highest BCUT2D eigenvalue weighted by Crippen LogP contribution is 2.25. The van der Waals surface area contributed by atoms with Crippen molar-refractivity contribution in [2.45, 2.75) is 25.3 Å². The van der Waals surface area contributed by atoms with Crippen LogP contribution >= 0.6 is 11.3 Å². The Labute approximate surface area is 109 Å². The van der Waals surface area contributed by atoms with Crippen LogP contribution in [0, 0.1) is 5.82 Å². The van der Waals surface area contributed by atoms with Crippen molar-refractivity contribution in [2.75, 3.05) is 6.54 Å². The first kappa shape index (κ1) is 11.7. The van der Waals surface area contributed by atoms with Gasteiger partial charge in [-0.2, -0.15) is 0 Å². The maximum atomic E-state index is 13.5. The Hall–Kier alpha value is -1.33. The summed E-state index contributed by atoms with van der Waals surface area (Å²) in [6.07, 6.45) is 6.31. The number of nitrogens with one attached hydrogen (secondary N) is 1. The third kappa shape index (κ3) is 2.73. The summed E-state index contributed by atoms with van der Waals surface area (Å²) in [5, 5.41) is 6.18. The minimum atomic E-state index is -0.311. The van der Waals surface area contributed by atoms with E-state index in [1.807, 2.05) is 5.38 Å². The molecule has 94 valence electrons. The van der Waals surface area contributed by atoms with Gasteiger partial charge in [0.1, 0.15) is 5.01 Å². The van der Waals surface area contributed by atoms with E-state index in [0.29, 0.717) is 5.56 Å². The molecule has 0 atom stereocenters. The third-order valence-corrected chi connectivity index (χ3v) is 3.87. The van der Waals surface area contributed by atoms with Crippen molar-refractivity contribution in [3.05, 3.63) is 35.4 Å². The molecule has 0 spiro atoms. The molecule has 1 aliphatic rings. The molecule has 5 heteroatoms. The van der Waals surface area contributed by atoms with Crippen molar-refractivity contribution in [1.82, 2.24) is 15.3 Å². The van der Waals surface area contributed by atoms with Crippen molar-refractivity contribution < 1.29 is 4.39 Å². The molecule has 0 bridgehead atoms. The van der Waals surface area contributed by atoms with Gasteiger partial charge in [-0.05, 0) is 18.9 Å². The Kier molecular flexibility index (Phi) is 3.34. The zero-order valence-electron chi connectivity index (χ0n) is 9.90. The Morgan fingerprint density at radius 2 is 2.33 bits per heavy atom. The van der Waals surface area contributed by atoms with E-state index >= 15 is 0 Å². The van der Waals surface area contributed by atoms with Crippen LogP contribution in [0.2, 0.25) is 0 Å². The number of nitrogens with zero attached hydrogens (tertiary/aromatic N) is 2. The molecule has 0 aliphatic heterocycles. The molecule has 2 heterocycles. The quantitative estimate of drug-likeness (QED) is 0.901. The van der Waals surface area contributed by atoms with Crippen LogP contribution in [0.5, 0.6) is 0 Å². The van der Waals surface area contributed by atoms with Crippen molar-refractivity contribution in [1.29, 1.82) is 0 Å². The van der Waals surface area contributed by atoms with E-state index in [2.05, 4.69) is 15.3 Å². The number of rotatable bonds is 5. The molecule has 3 rings (SSSR count). The largest absolute Gasteiger partial charge is 0.314 e. The van der Waals surface area contributed by atoms with Crippen molar-refractivity contribution in [3.8, 4) is 10.6 Å². The molecule has 18 heavy (non-hydrogen) atoms. The van der Waals surface area contributed by atoms with Crippen molar-refractivity contribution >= 4 is 11.3 Å². The minimum Gasteiger partial charge on any atom is -0.314 e. The van der Waals surface area contributed by atoms with Crippen LogP contribution < -0.4 is 5.32 Å². The lowest BCUT2D eigenvalue weighted by atomic mass is 10.2. The first-order valence-corrected chi connectivity index (χ1v) is 6.98. The van der Waals surface area contributed by atoms with E-state index in [-0.39, 0.29) is 5.82 Å². The van der Waals surface area contributed by atoms with E-state index in [4.69, 9.17) is 0 Å². The average molecular weight is 263 g/mol. The van der Waals surface area contributed by atoms with Crippen LogP contribution in [0.15, 0.2) is 23.8 Å². The highest BCUT2D eigenvalue weighted by atomic mass is 32.1. The van der Waals surface area contributed by atoms with Gasteiger partial charge >= 0.3 is 0 Å². The van der Waals surface area contributed by atoms with E-state index < -0.39 is 0 Å². The van der Waals surface area contributed by atoms with E-state index in [1.165, 1.54) is 30.4 Å². The van der Waals surface area contributed by atoms with Crippen LogP contribution in [0.25, 0.3) is 10.6 Å². The summed E-state index contributed by atoms with van der Waals surface area (Å²) in [5.74, 6) is -0.311. The molecule has 1 N–H and O–H groups in total. The summed E-state index contributed by atoms with van der Waals surface area (Å²) >= 11 is 1.48. The minimum absolute atomic E-state index is 0.311. The first-order valence-electron chi connectivity index (χ1n) is 6.10. The Balaban J connectivity index is 1.66. The second-order valence-corrected chi connectivity index (χ2v) is 5.34. The highest BCUT2D eigenvalue weighted by Gasteiger charge is 2.19. The van der Waals surface area contributed by atoms with E-state index in [9.17, 15) is 4.39 Å². The predicted octanol–water partition coefficient (Wildman–Crippen LogP) is 2.64. The molecule has 1 saturated carbocycles. The molecular formula is C13H14FN3S. The normalized spacial score (nSPS) is 14.9. The van der Waals surface area contributed by atoms with Gasteiger partial charge in [-0.3, -0.25) is 4.98 Å². The Morgan fingerprint density at radius 1 is 1.44 bits per heavy atom. The number of hydrogen-bond donors (Lipinski definition) is 1. The average Bonchev–Trinajstić information content (AvgIpc) is 3.08. The molecule has 2 aromatic heterocycles. The summed E-state index contributed by atoms with van der Waals surface area (Å²) in [7, 11) is 0. The molecule has 2 aromatic rings. The second kappa shape index (κ2) is 5.12. The zero-order chi connectivity index (χ0) is 12.4. The van der Waals surface area contributed by atoms with Gasteiger partial charge in [0.2, 0.25) is 0 Å². The number of thiazole rings is 1. The fourth-order valence-electron chi connectivity index (χ4n) is 1.79. The third-order valence-electron chi connectivity index (χ3n) is 2.95. The van der Waals surface area contributed by atoms with Crippen molar-refractivity contribution in [3.63, 3.8) is 0 Å². The Bertz CT molecular complexity index is 537. The molecule has 0 saturated heterocycles.